The first-order valence-electron chi connectivity index (χ1n) is 6.41. The van der Waals surface area contributed by atoms with Crippen molar-refractivity contribution in [1.29, 1.82) is 0 Å². The van der Waals surface area contributed by atoms with Crippen molar-refractivity contribution in [3.05, 3.63) is 11.7 Å². The van der Waals surface area contributed by atoms with Gasteiger partial charge >= 0.3 is 0 Å². The van der Waals surface area contributed by atoms with Gasteiger partial charge in [0.15, 0.2) is 5.82 Å². The molecule has 0 radical (unpaired) electrons. The van der Waals surface area contributed by atoms with E-state index < -0.39 is 0 Å². The van der Waals surface area contributed by atoms with Gasteiger partial charge in [-0.25, -0.2) is 0 Å². The molecule has 0 amide bonds. The maximum Gasteiger partial charge on any atom is 0.240 e. The number of hydrogen-bond donors (Lipinski definition) is 1. The van der Waals surface area contributed by atoms with Crippen molar-refractivity contribution in [2.45, 2.75) is 45.8 Å². The Hall–Kier alpha value is -0.940. The Kier molecular flexibility index (Phi) is 4.12. The first-order chi connectivity index (χ1) is 8.19. The molecular weight excluding hydrogens is 218 g/mol. The number of nitrogens with zero attached hydrogens (tertiary/aromatic N) is 3. The number of aliphatic hydroxyl groups is 1. The smallest absolute Gasteiger partial charge is 0.240 e. The molecule has 2 rings (SSSR count). The average Bonchev–Trinajstić information content (AvgIpc) is 2.72. The second kappa shape index (κ2) is 5.60. The normalized spacial score (nSPS) is 26.3. The average molecular weight is 239 g/mol. The molecule has 1 aromatic rings. The van der Waals surface area contributed by atoms with E-state index in [1.807, 2.05) is 0 Å². The van der Waals surface area contributed by atoms with E-state index in [-0.39, 0.29) is 6.10 Å². The molecule has 0 saturated carbocycles. The summed E-state index contributed by atoms with van der Waals surface area (Å²) in [4.78, 5) is 6.62. The molecule has 0 aromatic carbocycles. The summed E-state index contributed by atoms with van der Waals surface area (Å²) >= 11 is 0. The fourth-order valence-electron chi connectivity index (χ4n) is 2.23. The number of aliphatic hydroxyl groups excluding tert-OH is 1. The highest BCUT2D eigenvalue weighted by Gasteiger charge is 2.25. The fraction of sp³-hybridized carbons (Fsp3) is 0.833. The van der Waals surface area contributed by atoms with Crippen LogP contribution in [0.15, 0.2) is 4.52 Å². The number of aromatic nitrogens is 2. The van der Waals surface area contributed by atoms with Gasteiger partial charge in [0, 0.05) is 19.5 Å². The molecule has 0 bridgehead atoms. The summed E-state index contributed by atoms with van der Waals surface area (Å²) in [5.41, 5.74) is 0. The predicted octanol–water partition coefficient (Wildman–Crippen LogP) is 1.22. The third-order valence-electron chi connectivity index (χ3n) is 3.29. The van der Waals surface area contributed by atoms with Crippen LogP contribution in [0.25, 0.3) is 0 Å². The highest BCUT2D eigenvalue weighted by molar-refractivity contribution is 4.88. The Morgan fingerprint density at radius 3 is 3.06 bits per heavy atom. The first-order valence-corrected chi connectivity index (χ1v) is 6.41. The van der Waals surface area contributed by atoms with Gasteiger partial charge in [0.2, 0.25) is 5.89 Å². The van der Waals surface area contributed by atoms with E-state index in [9.17, 15) is 5.11 Å². The third-order valence-corrected chi connectivity index (χ3v) is 3.29. The zero-order chi connectivity index (χ0) is 12.3. The topological polar surface area (TPSA) is 62.4 Å². The second-order valence-electron chi connectivity index (χ2n) is 4.92. The van der Waals surface area contributed by atoms with Gasteiger partial charge in [-0.3, -0.25) is 4.90 Å². The van der Waals surface area contributed by atoms with Crippen LogP contribution >= 0.6 is 0 Å². The second-order valence-corrected chi connectivity index (χ2v) is 4.92. The Balaban J connectivity index is 1.87. The monoisotopic (exact) mass is 239 g/mol. The predicted molar refractivity (Wildman–Crippen MR) is 63.4 cm³/mol. The Morgan fingerprint density at radius 1 is 1.53 bits per heavy atom. The minimum Gasteiger partial charge on any atom is -0.393 e. The van der Waals surface area contributed by atoms with Crippen molar-refractivity contribution in [2.75, 3.05) is 13.1 Å². The van der Waals surface area contributed by atoms with Crippen LogP contribution in [0.1, 0.15) is 38.4 Å². The van der Waals surface area contributed by atoms with Gasteiger partial charge in [-0.05, 0) is 18.8 Å². The minimum absolute atomic E-state index is 0.162. The van der Waals surface area contributed by atoms with Crippen molar-refractivity contribution in [3.63, 3.8) is 0 Å². The Morgan fingerprint density at radius 2 is 2.35 bits per heavy atom. The lowest BCUT2D eigenvalue weighted by Gasteiger charge is -2.33. The van der Waals surface area contributed by atoms with Gasteiger partial charge in [-0.15, -0.1) is 0 Å². The molecule has 2 heterocycles. The van der Waals surface area contributed by atoms with Gasteiger partial charge in [-0.1, -0.05) is 19.0 Å². The lowest BCUT2D eigenvalue weighted by atomic mass is 9.97. The van der Waals surface area contributed by atoms with Crippen LogP contribution < -0.4 is 0 Å². The molecule has 1 fully saturated rings. The van der Waals surface area contributed by atoms with Crippen molar-refractivity contribution < 1.29 is 9.63 Å². The van der Waals surface area contributed by atoms with Crippen LogP contribution in [0, 0.1) is 5.92 Å². The van der Waals surface area contributed by atoms with E-state index >= 15 is 0 Å². The molecular formula is C12H21N3O2. The summed E-state index contributed by atoms with van der Waals surface area (Å²) in [6.07, 6.45) is 2.58. The quantitative estimate of drug-likeness (QED) is 0.856. The van der Waals surface area contributed by atoms with E-state index in [1.165, 1.54) is 0 Å². The summed E-state index contributed by atoms with van der Waals surface area (Å²) in [6, 6.07) is 0. The number of rotatable bonds is 4. The van der Waals surface area contributed by atoms with Gasteiger partial charge in [0.05, 0.1) is 12.6 Å². The van der Waals surface area contributed by atoms with Crippen LogP contribution in [0.5, 0.6) is 0 Å². The fourth-order valence-corrected chi connectivity index (χ4v) is 2.23. The van der Waals surface area contributed by atoms with E-state index in [2.05, 4.69) is 28.9 Å². The molecule has 1 aliphatic rings. The molecule has 1 saturated heterocycles. The maximum absolute atomic E-state index is 9.66. The highest BCUT2D eigenvalue weighted by atomic mass is 16.5. The number of likely N-dealkylation sites (tertiary alicyclic amines) is 1. The largest absolute Gasteiger partial charge is 0.393 e. The van der Waals surface area contributed by atoms with Crippen molar-refractivity contribution in [2.24, 2.45) is 5.92 Å². The van der Waals surface area contributed by atoms with E-state index in [0.29, 0.717) is 18.4 Å². The van der Waals surface area contributed by atoms with E-state index in [4.69, 9.17) is 4.52 Å². The first kappa shape index (κ1) is 12.5. The summed E-state index contributed by atoms with van der Waals surface area (Å²) in [6.45, 7) is 6.67. The molecule has 5 nitrogen and oxygen atoms in total. The molecule has 0 aliphatic carbocycles. The van der Waals surface area contributed by atoms with Crippen molar-refractivity contribution in [1.82, 2.24) is 15.0 Å². The molecule has 96 valence electrons. The zero-order valence-corrected chi connectivity index (χ0v) is 10.6. The molecule has 1 aromatic heterocycles. The summed E-state index contributed by atoms with van der Waals surface area (Å²) < 4.78 is 5.22. The Labute approximate surface area is 102 Å². The van der Waals surface area contributed by atoms with Gasteiger partial charge in [-0.2, -0.15) is 4.98 Å². The van der Waals surface area contributed by atoms with E-state index in [0.717, 1.165) is 38.2 Å². The summed E-state index contributed by atoms with van der Waals surface area (Å²) in [5.74, 6) is 1.81. The van der Waals surface area contributed by atoms with Gasteiger partial charge < -0.3 is 9.63 Å². The zero-order valence-electron chi connectivity index (χ0n) is 10.6. The lowest BCUT2D eigenvalue weighted by molar-refractivity contribution is 0.0282. The van der Waals surface area contributed by atoms with Crippen LogP contribution in [0.4, 0.5) is 0 Å². The van der Waals surface area contributed by atoms with Crippen LogP contribution in [-0.4, -0.2) is 39.3 Å². The molecule has 2 atom stereocenters. The molecule has 0 spiro atoms. The van der Waals surface area contributed by atoms with E-state index in [1.54, 1.807) is 0 Å². The molecule has 1 aliphatic heterocycles. The van der Waals surface area contributed by atoms with Crippen LogP contribution in [0.2, 0.25) is 0 Å². The maximum atomic E-state index is 9.66. The molecule has 17 heavy (non-hydrogen) atoms. The molecule has 2 unspecified atom stereocenters. The van der Waals surface area contributed by atoms with Crippen molar-refractivity contribution in [3.8, 4) is 0 Å². The SMILES string of the molecule is CCCc1noc(CN2CCC(O)C(C)C2)n1. The van der Waals surface area contributed by atoms with Crippen LogP contribution in [-0.2, 0) is 13.0 Å². The van der Waals surface area contributed by atoms with Gasteiger partial charge in [0.25, 0.3) is 0 Å². The molecule has 5 heteroatoms. The lowest BCUT2D eigenvalue weighted by Crippen LogP contribution is -2.41. The third kappa shape index (κ3) is 3.26. The van der Waals surface area contributed by atoms with Gasteiger partial charge in [0.1, 0.15) is 0 Å². The number of aryl methyl sites for hydroxylation is 1. The Bertz CT molecular complexity index is 353. The number of hydrogen-bond acceptors (Lipinski definition) is 5. The number of piperidine rings is 1. The molecule has 1 N–H and O–H groups in total. The summed E-state index contributed by atoms with van der Waals surface area (Å²) in [5, 5.41) is 13.6. The van der Waals surface area contributed by atoms with Crippen LogP contribution in [0.3, 0.4) is 0 Å². The minimum atomic E-state index is -0.162. The standard InChI is InChI=1S/C12H21N3O2/c1-3-4-11-13-12(17-14-11)8-15-6-5-10(16)9(2)7-15/h9-10,16H,3-8H2,1-2H3. The van der Waals surface area contributed by atoms with Crippen molar-refractivity contribution >= 4 is 0 Å². The highest BCUT2D eigenvalue weighted by Crippen LogP contribution is 2.18. The summed E-state index contributed by atoms with van der Waals surface area (Å²) in [7, 11) is 0.